The third-order valence-corrected chi connectivity index (χ3v) is 7.53. The Morgan fingerprint density at radius 1 is 1.23 bits per heavy atom. The van der Waals surface area contributed by atoms with Crippen LogP contribution in [0.15, 0.2) is 48.4 Å². The van der Waals surface area contributed by atoms with Gasteiger partial charge in [0.1, 0.15) is 17.4 Å². The SMILES string of the molecule is Cc1cc(F)ccc1[C@H](Nc1cc(Cl)c2ncc(C#N)c(NCC(C)(C)C)c2c1)C1=CN(C2(C(F)F)CC2)NN1. The average molecular weight is 570 g/mol. The van der Waals surface area contributed by atoms with E-state index in [1.54, 1.807) is 25.3 Å². The van der Waals surface area contributed by atoms with Gasteiger partial charge in [0.25, 0.3) is 6.43 Å². The molecule has 2 aliphatic rings. The maximum atomic E-state index is 14.0. The number of benzene rings is 2. The van der Waals surface area contributed by atoms with Crippen LogP contribution in [0.4, 0.5) is 24.5 Å². The molecular formula is C29H31ClF3N7. The summed E-state index contributed by atoms with van der Waals surface area (Å²) in [6.07, 6.45) is 1.36. The molecule has 1 fully saturated rings. The summed E-state index contributed by atoms with van der Waals surface area (Å²) in [6, 6.07) is 9.68. The van der Waals surface area contributed by atoms with E-state index in [0.717, 1.165) is 5.56 Å². The fourth-order valence-electron chi connectivity index (χ4n) is 4.83. The molecule has 1 aromatic heterocycles. The number of halogens is 4. The maximum Gasteiger partial charge on any atom is 0.262 e. The van der Waals surface area contributed by atoms with Gasteiger partial charge in [0.15, 0.2) is 0 Å². The van der Waals surface area contributed by atoms with Crippen LogP contribution >= 0.6 is 11.6 Å². The second kappa shape index (κ2) is 10.4. The standard InChI is InChI=1S/C29H31ClF3N7/c1-16-9-18(31)5-6-20(16)26(23-14-40(39-38-23)29(7-8-29)27(32)33)37-19-10-21-24(36-15-28(2,3)4)17(12-34)13-35-25(21)22(30)11-19/h5-6,9-11,13-14,26-27,37-39H,7-8,15H2,1-4H3,(H,35,36)/t26-/m0/s1. The number of hydrazine groups is 2. The number of nitrogens with zero attached hydrogens (tertiary/aromatic N) is 3. The fraction of sp³-hybridized carbons (Fsp3) is 0.379. The van der Waals surface area contributed by atoms with E-state index in [4.69, 9.17) is 11.6 Å². The molecule has 0 radical (unpaired) electrons. The van der Waals surface area contributed by atoms with E-state index in [-0.39, 0.29) is 11.2 Å². The van der Waals surface area contributed by atoms with Crippen LogP contribution in [0.1, 0.15) is 56.3 Å². The van der Waals surface area contributed by atoms with Gasteiger partial charge in [-0.15, -0.1) is 5.53 Å². The summed E-state index contributed by atoms with van der Waals surface area (Å²) in [6.45, 7) is 8.66. The monoisotopic (exact) mass is 569 g/mol. The Kier molecular flexibility index (Phi) is 7.23. The zero-order chi connectivity index (χ0) is 28.8. The van der Waals surface area contributed by atoms with Crippen molar-refractivity contribution in [3.63, 3.8) is 0 Å². The van der Waals surface area contributed by atoms with Gasteiger partial charge in [0.2, 0.25) is 0 Å². The lowest BCUT2D eigenvalue weighted by molar-refractivity contribution is 0.00911. The van der Waals surface area contributed by atoms with Crippen LogP contribution in [0.5, 0.6) is 0 Å². The summed E-state index contributed by atoms with van der Waals surface area (Å²) in [5.74, 6) is -0.374. The molecule has 210 valence electrons. The summed E-state index contributed by atoms with van der Waals surface area (Å²) in [5, 5.41) is 19.1. The van der Waals surface area contributed by atoms with Crippen LogP contribution in [0.25, 0.3) is 10.9 Å². The van der Waals surface area contributed by atoms with Crippen molar-refractivity contribution in [3.05, 3.63) is 76.0 Å². The van der Waals surface area contributed by atoms with Crippen molar-refractivity contribution in [2.75, 3.05) is 17.2 Å². The predicted octanol–water partition coefficient (Wildman–Crippen LogP) is 6.78. The number of anilines is 2. The molecule has 5 rings (SSSR count). The van der Waals surface area contributed by atoms with E-state index >= 15 is 0 Å². The van der Waals surface area contributed by atoms with Gasteiger partial charge >= 0.3 is 0 Å². The lowest BCUT2D eigenvalue weighted by Crippen LogP contribution is -2.48. The summed E-state index contributed by atoms with van der Waals surface area (Å²) in [4.78, 5) is 4.42. The largest absolute Gasteiger partial charge is 0.383 e. The topological polar surface area (TPSA) is 88.0 Å². The predicted molar refractivity (Wildman–Crippen MR) is 151 cm³/mol. The normalized spacial score (nSPS) is 16.9. The van der Waals surface area contributed by atoms with Crippen LogP contribution in [0, 0.1) is 29.5 Å². The molecule has 1 saturated carbocycles. The highest BCUT2D eigenvalue weighted by Gasteiger charge is 2.56. The summed E-state index contributed by atoms with van der Waals surface area (Å²) in [5.41, 5.74) is 8.76. The second-order valence-electron chi connectivity index (χ2n) is 11.6. The van der Waals surface area contributed by atoms with E-state index in [2.05, 4.69) is 53.4 Å². The Morgan fingerprint density at radius 3 is 2.60 bits per heavy atom. The van der Waals surface area contributed by atoms with Gasteiger partial charge in [0, 0.05) is 30.0 Å². The minimum absolute atomic E-state index is 0.0518. The molecule has 4 N–H and O–H groups in total. The smallest absolute Gasteiger partial charge is 0.262 e. The molecule has 1 aliphatic heterocycles. The molecule has 40 heavy (non-hydrogen) atoms. The Labute approximate surface area is 236 Å². The number of rotatable bonds is 8. The van der Waals surface area contributed by atoms with Crippen LogP contribution < -0.4 is 21.6 Å². The molecule has 2 heterocycles. The summed E-state index contributed by atoms with van der Waals surface area (Å²) >= 11 is 6.69. The number of hydrogen-bond acceptors (Lipinski definition) is 7. The quantitative estimate of drug-likeness (QED) is 0.238. The molecule has 7 nitrogen and oxygen atoms in total. The highest BCUT2D eigenvalue weighted by molar-refractivity contribution is 6.35. The van der Waals surface area contributed by atoms with E-state index in [9.17, 15) is 18.4 Å². The van der Waals surface area contributed by atoms with Gasteiger partial charge in [-0.05, 0) is 60.6 Å². The Bertz CT molecular complexity index is 1520. The molecule has 0 unspecified atom stereocenters. The van der Waals surface area contributed by atoms with Crippen molar-refractivity contribution >= 4 is 33.9 Å². The lowest BCUT2D eigenvalue weighted by Gasteiger charge is -2.25. The Morgan fingerprint density at radius 2 is 1.98 bits per heavy atom. The fourth-order valence-corrected chi connectivity index (χ4v) is 5.10. The Balaban J connectivity index is 1.58. The van der Waals surface area contributed by atoms with Crippen molar-refractivity contribution in [2.45, 2.75) is 58.5 Å². The molecule has 2 aromatic carbocycles. The third kappa shape index (κ3) is 5.36. The molecule has 0 bridgehead atoms. The van der Waals surface area contributed by atoms with Crippen molar-refractivity contribution < 1.29 is 13.2 Å². The van der Waals surface area contributed by atoms with Gasteiger partial charge in [0.05, 0.1) is 33.5 Å². The molecule has 0 saturated heterocycles. The van der Waals surface area contributed by atoms with Gasteiger partial charge in [-0.3, -0.25) is 9.99 Å². The number of nitriles is 1. The number of hydrogen-bond donors (Lipinski definition) is 4. The van der Waals surface area contributed by atoms with E-state index in [1.165, 1.54) is 23.3 Å². The van der Waals surface area contributed by atoms with Gasteiger partial charge in [-0.2, -0.15) is 5.26 Å². The van der Waals surface area contributed by atoms with Gasteiger partial charge in [-0.1, -0.05) is 38.4 Å². The second-order valence-corrected chi connectivity index (χ2v) is 12.0. The first kappa shape index (κ1) is 27.9. The third-order valence-electron chi connectivity index (χ3n) is 7.24. The Hall–Kier alpha value is -3.68. The molecular weight excluding hydrogens is 539 g/mol. The molecule has 1 aliphatic carbocycles. The van der Waals surface area contributed by atoms with Gasteiger partial charge < -0.3 is 16.1 Å². The van der Waals surface area contributed by atoms with Crippen LogP contribution in [-0.2, 0) is 0 Å². The zero-order valence-corrected chi connectivity index (χ0v) is 23.4. The average Bonchev–Trinajstić information content (AvgIpc) is 3.56. The van der Waals surface area contributed by atoms with Crippen molar-refractivity contribution in [1.82, 2.24) is 21.0 Å². The van der Waals surface area contributed by atoms with Crippen LogP contribution in [-0.4, -0.2) is 28.5 Å². The van der Waals surface area contributed by atoms with Gasteiger partial charge in [-0.25, -0.2) is 13.2 Å². The highest BCUT2D eigenvalue weighted by atomic mass is 35.5. The number of nitrogens with one attached hydrogen (secondary N) is 4. The first-order valence-corrected chi connectivity index (χ1v) is 13.4. The minimum Gasteiger partial charge on any atom is -0.383 e. The zero-order valence-electron chi connectivity index (χ0n) is 22.7. The molecule has 0 amide bonds. The van der Waals surface area contributed by atoms with Crippen LogP contribution in [0.2, 0.25) is 5.02 Å². The number of aryl methyl sites for hydroxylation is 1. The molecule has 0 spiro atoms. The molecule has 1 atom stereocenters. The van der Waals surface area contributed by atoms with Crippen molar-refractivity contribution in [1.29, 1.82) is 5.26 Å². The lowest BCUT2D eigenvalue weighted by atomic mass is 9.96. The summed E-state index contributed by atoms with van der Waals surface area (Å²) < 4.78 is 41.7. The van der Waals surface area contributed by atoms with E-state index in [1.807, 2.05) is 6.07 Å². The number of aromatic nitrogens is 1. The van der Waals surface area contributed by atoms with E-state index < -0.39 is 18.0 Å². The number of alkyl halides is 2. The highest BCUT2D eigenvalue weighted by Crippen LogP contribution is 2.47. The summed E-state index contributed by atoms with van der Waals surface area (Å²) in [7, 11) is 0. The number of pyridine rings is 1. The maximum absolute atomic E-state index is 14.0. The number of fused-ring (bicyclic) bond motifs is 1. The first-order valence-electron chi connectivity index (χ1n) is 13.0. The molecule has 3 aromatic rings. The first-order chi connectivity index (χ1) is 18.9. The minimum atomic E-state index is -2.52. The molecule has 11 heteroatoms. The van der Waals surface area contributed by atoms with Crippen LogP contribution in [0.3, 0.4) is 0 Å². The van der Waals surface area contributed by atoms with E-state index in [0.29, 0.717) is 63.5 Å². The van der Waals surface area contributed by atoms with Crippen molar-refractivity contribution in [3.8, 4) is 6.07 Å². The van der Waals surface area contributed by atoms with Crippen molar-refractivity contribution in [2.24, 2.45) is 5.41 Å².